The molecule has 0 radical (unpaired) electrons. The van der Waals surface area contributed by atoms with Gasteiger partial charge in [-0.05, 0) is 20.3 Å². The Labute approximate surface area is 137 Å². The standard InChI is InChI=1S/C15H27N7O/c1-5-12-20-13-7-6-11(9-22(13)21-12)19-15(16-4)17-8-14(23)18-10(2)3/h10-11H,5-9H2,1-4H3,(H,18,23)(H2,16,17,19). The van der Waals surface area contributed by atoms with Crippen molar-refractivity contribution in [1.29, 1.82) is 0 Å². The summed E-state index contributed by atoms with van der Waals surface area (Å²) in [5.41, 5.74) is 0. The molecule has 1 amide bonds. The van der Waals surface area contributed by atoms with Crippen LogP contribution in [-0.4, -0.2) is 52.3 Å². The quantitative estimate of drug-likeness (QED) is 0.517. The molecule has 1 unspecified atom stereocenters. The maximum Gasteiger partial charge on any atom is 0.239 e. The van der Waals surface area contributed by atoms with Gasteiger partial charge in [-0.1, -0.05) is 6.92 Å². The van der Waals surface area contributed by atoms with E-state index in [1.807, 2.05) is 18.5 Å². The van der Waals surface area contributed by atoms with Crippen LogP contribution in [0.4, 0.5) is 0 Å². The number of carbonyl (C=O) groups excluding carboxylic acids is 1. The summed E-state index contributed by atoms with van der Waals surface area (Å²) in [7, 11) is 1.70. The van der Waals surface area contributed by atoms with Crippen molar-refractivity contribution in [2.24, 2.45) is 4.99 Å². The zero-order valence-electron chi connectivity index (χ0n) is 14.4. The van der Waals surface area contributed by atoms with Crippen LogP contribution in [0.3, 0.4) is 0 Å². The van der Waals surface area contributed by atoms with Crippen LogP contribution in [0.5, 0.6) is 0 Å². The fourth-order valence-corrected chi connectivity index (χ4v) is 2.55. The average Bonchev–Trinajstić information content (AvgIpc) is 2.93. The lowest BCUT2D eigenvalue weighted by Gasteiger charge is -2.25. The summed E-state index contributed by atoms with van der Waals surface area (Å²) in [4.78, 5) is 20.4. The minimum absolute atomic E-state index is 0.0438. The minimum atomic E-state index is -0.0438. The monoisotopic (exact) mass is 321 g/mol. The van der Waals surface area contributed by atoms with Gasteiger partial charge < -0.3 is 16.0 Å². The number of aryl methyl sites for hydroxylation is 2. The highest BCUT2D eigenvalue weighted by Crippen LogP contribution is 2.13. The van der Waals surface area contributed by atoms with Crippen molar-refractivity contribution in [3.63, 3.8) is 0 Å². The van der Waals surface area contributed by atoms with Crippen molar-refractivity contribution >= 4 is 11.9 Å². The second kappa shape index (κ2) is 7.94. The van der Waals surface area contributed by atoms with Gasteiger partial charge in [-0.15, -0.1) is 0 Å². The zero-order valence-corrected chi connectivity index (χ0v) is 14.4. The number of amides is 1. The summed E-state index contributed by atoms with van der Waals surface area (Å²) in [5.74, 6) is 2.54. The molecule has 0 saturated carbocycles. The van der Waals surface area contributed by atoms with E-state index in [2.05, 4.69) is 37.9 Å². The van der Waals surface area contributed by atoms with Crippen molar-refractivity contribution < 1.29 is 4.79 Å². The Morgan fingerprint density at radius 2 is 2.26 bits per heavy atom. The van der Waals surface area contributed by atoms with Gasteiger partial charge in [0.15, 0.2) is 11.8 Å². The SMILES string of the molecule is CCc1nc2n(n1)CC(NC(=NC)NCC(=O)NC(C)C)CC2. The number of nitrogens with zero attached hydrogens (tertiary/aromatic N) is 4. The Morgan fingerprint density at radius 3 is 2.91 bits per heavy atom. The van der Waals surface area contributed by atoms with E-state index in [9.17, 15) is 4.79 Å². The van der Waals surface area contributed by atoms with Crippen molar-refractivity contribution in [2.45, 2.75) is 58.7 Å². The smallest absolute Gasteiger partial charge is 0.239 e. The predicted octanol–water partition coefficient (Wildman–Crippen LogP) is -0.155. The Bertz CT molecular complexity index is 564. The molecule has 1 aromatic rings. The third kappa shape index (κ3) is 4.94. The van der Waals surface area contributed by atoms with Crippen LogP contribution in [-0.2, 0) is 24.2 Å². The van der Waals surface area contributed by atoms with E-state index >= 15 is 0 Å². The van der Waals surface area contributed by atoms with Gasteiger partial charge in [0.05, 0.1) is 13.1 Å². The van der Waals surface area contributed by atoms with Gasteiger partial charge in [-0.2, -0.15) is 5.10 Å². The highest BCUT2D eigenvalue weighted by molar-refractivity contribution is 5.86. The number of fused-ring (bicyclic) bond motifs is 1. The lowest BCUT2D eigenvalue weighted by atomic mass is 10.1. The number of carbonyl (C=O) groups is 1. The predicted molar refractivity (Wildman–Crippen MR) is 89.3 cm³/mol. The van der Waals surface area contributed by atoms with E-state index in [0.29, 0.717) is 5.96 Å². The van der Waals surface area contributed by atoms with E-state index in [4.69, 9.17) is 0 Å². The van der Waals surface area contributed by atoms with Crippen LogP contribution in [0.25, 0.3) is 0 Å². The highest BCUT2D eigenvalue weighted by Gasteiger charge is 2.22. The van der Waals surface area contributed by atoms with Crippen LogP contribution >= 0.6 is 0 Å². The number of hydrogen-bond donors (Lipinski definition) is 3. The van der Waals surface area contributed by atoms with E-state index in [1.54, 1.807) is 7.05 Å². The summed E-state index contributed by atoms with van der Waals surface area (Å²) in [5, 5.41) is 13.7. The number of nitrogens with one attached hydrogen (secondary N) is 3. The third-order valence-corrected chi connectivity index (χ3v) is 3.65. The van der Waals surface area contributed by atoms with Crippen LogP contribution in [0.15, 0.2) is 4.99 Å². The van der Waals surface area contributed by atoms with Crippen molar-refractivity contribution in [1.82, 2.24) is 30.7 Å². The molecule has 8 nitrogen and oxygen atoms in total. The van der Waals surface area contributed by atoms with Gasteiger partial charge in [0.1, 0.15) is 5.82 Å². The second-order valence-corrected chi connectivity index (χ2v) is 6.01. The van der Waals surface area contributed by atoms with E-state index < -0.39 is 0 Å². The molecule has 2 rings (SSSR count). The van der Waals surface area contributed by atoms with E-state index in [0.717, 1.165) is 37.5 Å². The number of guanidine groups is 1. The lowest BCUT2D eigenvalue weighted by Crippen LogP contribution is -2.49. The first-order chi connectivity index (χ1) is 11.0. The van der Waals surface area contributed by atoms with Gasteiger partial charge in [0, 0.05) is 32.0 Å². The van der Waals surface area contributed by atoms with Gasteiger partial charge in [0.2, 0.25) is 5.91 Å². The molecule has 8 heteroatoms. The fourth-order valence-electron chi connectivity index (χ4n) is 2.55. The molecular formula is C15H27N7O. The summed E-state index contributed by atoms with van der Waals surface area (Å²) in [6.07, 6.45) is 2.72. The third-order valence-electron chi connectivity index (χ3n) is 3.65. The van der Waals surface area contributed by atoms with Gasteiger partial charge >= 0.3 is 0 Å². The Balaban J connectivity index is 1.84. The molecule has 0 bridgehead atoms. The normalized spacial score (nSPS) is 17.8. The second-order valence-electron chi connectivity index (χ2n) is 6.01. The molecule has 0 spiro atoms. The first-order valence-corrected chi connectivity index (χ1v) is 8.21. The van der Waals surface area contributed by atoms with Gasteiger partial charge in [-0.25, -0.2) is 9.67 Å². The van der Waals surface area contributed by atoms with Gasteiger partial charge in [0.25, 0.3) is 0 Å². The molecule has 1 aliphatic rings. The molecule has 0 aliphatic carbocycles. The Hall–Kier alpha value is -2.12. The molecule has 1 aromatic heterocycles. The summed E-state index contributed by atoms with van der Waals surface area (Å²) < 4.78 is 1.97. The molecular weight excluding hydrogens is 294 g/mol. The molecule has 23 heavy (non-hydrogen) atoms. The molecule has 0 aromatic carbocycles. The van der Waals surface area contributed by atoms with Crippen molar-refractivity contribution in [3.05, 3.63) is 11.6 Å². The van der Waals surface area contributed by atoms with Crippen LogP contribution in [0, 0.1) is 0 Å². The Kier molecular flexibility index (Phi) is 5.95. The van der Waals surface area contributed by atoms with Crippen LogP contribution in [0.2, 0.25) is 0 Å². The largest absolute Gasteiger partial charge is 0.352 e. The molecule has 1 aliphatic heterocycles. The van der Waals surface area contributed by atoms with Crippen molar-refractivity contribution in [2.75, 3.05) is 13.6 Å². The first kappa shape index (κ1) is 17.2. The minimum Gasteiger partial charge on any atom is -0.352 e. The maximum atomic E-state index is 11.7. The van der Waals surface area contributed by atoms with Gasteiger partial charge in [-0.3, -0.25) is 9.79 Å². The summed E-state index contributed by atoms with van der Waals surface area (Å²) in [6, 6.07) is 0.365. The molecule has 0 fully saturated rings. The van der Waals surface area contributed by atoms with Crippen LogP contribution in [0.1, 0.15) is 38.8 Å². The maximum absolute atomic E-state index is 11.7. The molecule has 0 saturated heterocycles. The molecule has 3 N–H and O–H groups in total. The molecule has 1 atom stereocenters. The molecule has 128 valence electrons. The fraction of sp³-hybridized carbons (Fsp3) is 0.733. The van der Waals surface area contributed by atoms with E-state index in [-0.39, 0.29) is 24.5 Å². The summed E-state index contributed by atoms with van der Waals surface area (Å²) in [6.45, 7) is 6.91. The Morgan fingerprint density at radius 1 is 1.48 bits per heavy atom. The average molecular weight is 321 g/mol. The number of aromatic nitrogens is 3. The molecule has 2 heterocycles. The van der Waals surface area contributed by atoms with Crippen molar-refractivity contribution in [3.8, 4) is 0 Å². The van der Waals surface area contributed by atoms with Crippen LogP contribution < -0.4 is 16.0 Å². The topological polar surface area (TPSA) is 96.2 Å². The zero-order chi connectivity index (χ0) is 16.8. The number of hydrogen-bond acceptors (Lipinski definition) is 4. The number of aliphatic imine (C=N–C) groups is 1. The first-order valence-electron chi connectivity index (χ1n) is 8.21. The highest BCUT2D eigenvalue weighted by atomic mass is 16.2. The number of rotatable bonds is 5. The lowest BCUT2D eigenvalue weighted by molar-refractivity contribution is -0.120. The summed E-state index contributed by atoms with van der Waals surface area (Å²) >= 11 is 0. The van der Waals surface area contributed by atoms with E-state index in [1.165, 1.54) is 0 Å².